The largest absolute Gasteiger partial charge is 0.465 e. The van der Waals surface area contributed by atoms with E-state index in [9.17, 15) is 29.3 Å². The van der Waals surface area contributed by atoms with Crippen LogP contribution in [0.1, 0.15) is 73.2 Å². The molecule has 0 aliphatic heterocycles. The Labute approximate surface area is 326 Å². The number of hydrogen-bond donors (Lipinski definition) is 3. The van der Waals surface area contributed by atoms with E-state index in [1.54, 1.807) is 48.5 Å². The van der Waals surface area contributed by atoms with Crippen molar-refractivity contribution in [2.45, 2.75) is 48.7 Å². The van der Waals surface area contributed by atoms with Crippen molar-refractivity contribution in [3.05, 3.63) is 158 Å². The van der Waals surface area contributed by atoms with Crippen molar-refractivity contribution in [2.75, 3.05) is 17.7 Å². The molecule has 1 aliphatic carbocycles. The third-order valence-electron chi connectivity index (χ3n) is 8.93. The Morgan fingerprint density at radius 3 is 2.22 bits per heavy atom. The number of esters is 1. The summed E-state index contributed by atoms with van der Waals surface area (Å²) in [5.41, 5.74) is 3.12. The topological polar surface area (TPSA) is 157 Å². The summed E-state index contributed by atoms with van der Waals surface area (Å²) in [6, 6.07) is 30.3. The molecule has 1 aliphatic rings. The molecule has 0 saturated heterocycles. The Morgan fingerprint density at radius 1 is 0.836 bits per heavy atom. The molecule has 0 fully saturated rings. The van der Waals surface area contributed by atoms with E-state index in [1.165, 1.54) is 60.5 Å². The van der Waals surface area contributed by atoms with Crippen LogP contribution in [-0.2, 0) is 27.2 Å². The maximum atomic E-state index is 14.2. The van der Waals surface area contributed by atoms with Gasteiger partial charge >= 0.3 is 5.97 Å². The van der Waals surface area contributed by atoms with Crippen molar-refractivity contribution in [3.63, 3.8) is 0 Å². The first-order valence-electron chi connectivity index (χ1n) is 17.7. The molecule has 11 nitrogen and oxygen atoms in total. The highest BCUT2D eigenvalue weighted by Crippen LogP contribution is 2.41. The van der Waals surface area contributed by atoms with Crippen molar-refractivity contribution < 1.29 is 28.8 Å². The van der Waals surface area contributed by atoms with Gasteiger partial charge in [-0.2, -0.15) is 0 Å². The molecule has 0 spiro atoms. The Kier molecular flexibility index (Phi) is 12.9. The maximum Gasteiger partial charge on any atom is 0.341 e. The standard InChI is InChI=1S/C42H38N4O7S2/c1-53-42(50)36-33-19-10-2-3-11-20-35(33)55-41(36)45-40(49)37(28-13-6-4-7-14-28)54-32-18-12-17-30(26-32)43-39(48)34(44-38(47)29-15-8-5-9-16-29)25-27-21-23-31(24-22-27)46(51)52/h4-9,12-18,21-26,37H,2-3,10-11,19-20H2,1H3,(H,43,48)(H,44,47)(H,45,49)/b34-25+. The van der Waals surface area contributed by atoms with Crippen molar-refractivity contribution in [1.82, 2.24) is 5.32 Å². The molecule has 3 amide bonds. The lowest BCUT2D eigenvalue weighted by Gasteiger charge is -2.18. The summed E-state index contributed by atoms with van der Waals surface area (Å²) >= 11 is 2.72. The van der Waals surface area contributed by atoms with Crippen molar-refractivity contribution in [2.24, 2.45) is 0 Å². The number of amides is 3. The lowest BCUT2D eigenvalue weighted by atomic mass is 9.96. The number of nitrogens with one attached hydrogen (secondary N) is 3. The Bertz CT molecular complexity index is 2220. The highest BCUT2D eigenvalue weighted by molar-refractivity contribution is 8.00. The van der Waals surface area contributed by atoms with E-state index in [4.69, 9.17) is 4.74 Å². The van der Waals surface area contributed by atoms with Crippen LogP contribution in [0.4, 0.5) is 16.4 Å². The molecule has 3 N–H and O–H groups in total. The molecule has 1 unspecified atom stereocenters. The number of thioether (sulfide) groups is 1. The molecule has 0 saturated carbocycles. The summed E-state index contributed by atoms with van der Waals surface area (Å²) in [6.45, 7) is 0. The summed E-state index contributed by atoms with van der Waals surface area (Å²) in [6.07, 6.45) is 7.22. The van der Waals surface area contributed by atoms with Crippen LogP contribution in [-0.4, -0.2) is 35.7 Å². The van der Waals surface area contributed by atoms with E-state index in [1.807, 2.05) is 36.4 Å². The van der Waals surface area contributed by atoms with Crippen LogP contribution in [0.3, 0.4) is 0 Å². The van der Waals surface area contributed by atoms with E-state index in [0.29, 0.717) is 32.3 Å². The van der Waals surface area contributed by atoms with Crippen LogP contribution in [0.15, 0.2) is 120 Å². The average molecular weight is 775 g/mol. The third kappa shape index (κ3) is 9.93. The van der Waals surface area contributed by atoms with Crippen LogP contribution in [0.2, 0.25) is 0 Å². The van der Waals surface area contributed by atoms with Gasteiger partial charge in [0.05, 0.1) is 17.6 Å². The zero-order valence-corrected chi connectivity index (χ0v) is 31.5. The molecule has 0 radical (unpaired) electrons. The number of ether oxygens (including phenoxy) is 1. The van der Waals surface area contributed by atoms with Gasteiger partial charge < -0.3 is 20.7 Å². The predicted octanol–water partition coefficient (Wildman–Crippen LogP) is 8.98. The second-order valence-electron chi connectivity index (χ2n) is 12.7. The number of carbonyl (C=O) groups is 4. The van der Waals surface area contributed by atoms with Gasteiger partial charge in [0.1, 0.15) is 15.9 Å². The van der Waals surface area contributed by atoms with Gasteiger partial charge in [0.25, 0.3) is 17.5 Å². The third-order valence-corrected chi connectivity index (χ3v) is 11.4. The minimum absolute atomic E-state index is 0.0891. The number of benzene rings is 4. The van der Waals surface area contributed by atoms with Crippen LogP contribution in [0.25, 0.3) is 6.08 Å². The highest BCUT2D eigenvalue weighted by atomic mass is 32.2. The number of nitro benzene ring substituents is 1. The number of nitro groups is 1. The maximum absolute atomic E-state index is 14.2. The second kappa shape index (κ2) is 18.3. The zero-order chi connectivity index (χ0) is 38.7. The van der Waals surface area contributed by atoms with E-state index >= 15 is 0 Å². The van der Waals surface area contributed by atoms with Crippen LogP contribution in [0.5, 0.6) is 0 Å². The van der Waals surface area contributed by atoms with Crippen molar-refractivity contribution in [1.29, 1.82) is 0 Å². The molecule has 1 heterocycles. The molecule has 6 rings (SSSR count). The van der Waals surface area contributed by atoms with Gasteiger partial charge in [0.15, 0.2) is 0 Å². The molecule has 5 aromatic rings. The van der Waals surface area contributed by atoms with Gasteiger partial charge in [-0.05, 0) is 90.9 Å². The van der Waals surface area contributed by atoms with Gasteiger partial charge in [-0.1, -0.05) is 67.4 Å². The van der Waals surface area contributed by atoms with E-state index in [0.717, 1.165) is 54.5 Å². The first-order valence-corrected chi connectivity index (χ1v) is 19.4. The number of anilines is 2. The van der Waals surface area contributed by atoms with Gasteiger partial charge in [-0.25, -0.2) is 4.79 Å². The molecule has 0 bridgehead atoms. The van der Waals surface area contributed by atoms with Gasteiger partial charge in [-0.15, -0.1) is 23.1 Å². The van der Waals surface area contributed by atoms with Gasteiger partial charge in [0.2, 0.25) is 5.91 Å². The minimum Gasteiger partial charge on any atom is -0.465 e. The summed E-state index contributed by atoms with van der Waals surface area (Å²) in [5, 5.41) is 19.5. The quantitative estimate of drug-likeness (QED) is 0.0373. The average Bonchev–Trinajstić information content (AvgIpc) is 3.52. The van der Waals surface area contributed by atoms with E-state index in [-0.39, 0.29) is 17.3 Å². The molecule has 280 valence electrons. The summed E-state index contributed by atoms with van der Waals surface area (Å²) in [5.74, 6) is -1.94. The predicted molar refractivity (Wildman–Crippen MR) is 215 cm³/mol. The molecular weight excluding hydrogens is 737 g/mol. The van der Waals surface area contributed by atoms with Crippen LogP contribution >= 0.6 is 23.1 Å². The lowest BCUT2D eigenvalue weighted by molar-refractivity contribution is -0.384. The highest BCUT2D eigenvalue weighted by Gasteiger charge is 2.29. The number of methoxy groups -OCH3 is 1. The fraction of sp³-hybridized carbons (Fsp3) is 0.190. The van der Waals surface area contributed by atoms with Crippen LogP contribution < -0.4 is 16.0 Å². The van der Waals surface area contributed by atoms with E-state index < -0.39 is 28.0 Å². The molecular formula is C42H38N4O7S2. The second-order valence-corrected chi connectivity index (χ2v) is 15.0. The zero-order valence-electron chi connectivity index (χ0n) is 29.9. The smallest absolute Gasteiger partial charge is 0.341 e. The first kappa shape index (κ1) is 38.7. The number of carbonyl (C=O) groups excluding carboxylic acids is 4. The first-order chi connectivity index (χ1) is 26.7. The molecule has 55 heavy (non-hydrogen) atoms. The van der Waals surface area contributed by atoms with E-state index in [2.05, 4.69) is 16.0 Å². The Hall–Kier alpha value is -6.05. The van der Waals surface area contributed by atoms with Crippen molar-refractivity contribution in [3.8, 4) is 0 Å². The number of aryl methyl sites for hydroxylation is 1. The fourth-order valence-electron chi connectivity index (χ4n) is 6.19. The molecule has 4 aromatic carbocycles. The number of fused-ring (bicyclic) bond motifs is 1. The number of non-ortho nitro benzene ring substituents is 1. The van der Waals surface area contributed by atoms with Crippen LogP contribution in [0, 0.1) is 10.1 Å². The summed E-state index contributed by atoms with van der Waals surface area (Å²) in [4.78, 5) is 66.6. The number of rotatable bonds is 12. The number of nitrogens with zero attached hydrogens (tertiary/aromatic N) is 1. The fourth-order valence-corrected chi connectivity index (χ4v) is 8.55. The SMILES string of the molecule is COC(=O)c1c(NC(=O)C(Sc2cccc(NC(=O)/C(=C\c3ccc([N+](=O)[O-])cc3)NC(=O)c3ccccc3)c2)c2ccccc2)sc2c1CCCCCC2. The molecule has 1 aromatic heterocycles. The van der Waals surface area contributed by atoms with Crippen molar-refractivity contribution >= 4 is 69.2 Å². The molecule has 1 atom stereocenters. The summed E-state index contributed by atoms with van der Waals surface area (Å²) < 4.78 is 5.17. The number of hydrogen-bond acceptors (Lipinski definition) is 9. The minimum atomic E-state index is -0.731. The van der Waals surface area contributed by atoms with Gasteiger partial charge in [0, 0.05) is 33.2 Å². The monoisotopic (exact) mass is 774 g/mol. The number of thiophene rings is 1. The molecule has 13 heteroatoms. The summed E-state index contributed by atoms with van der Waals surface area (Å²) in [7, 11) is 1.35. The Balaban J connectivity index is 1.25. The Morgan fingerprint density at radius 2 is 1.53 bits per heavy atom. The van der Waals surface area contributed by atoms with Gasteiger partial charge in [-0.3, -0.25) is 24.5 Å². The normalized spacial score (nSPS) is 13.3. The lowest BCUT2D eigenvalue weighted by Crippen LogP contribution is -2.30.